The van der Waals surface area contributed by atoms with Crippen molar-refractivity contribution in [3.63, 3.8) is 0 Å². The summed E-state index contributed by atoms with van der Waals surface area (Å²) in [5, 5.41) is 0. The van der Waals surface area contributed by atoms with Crippen molar-refractivity contribution in [2.75, 3.05) is 7.11 Å². The van der Waals surface area contributed by atoms with Gasteiger partial charge in [-0.15, -0.1) is 0 Å². The summed E-state index contributed by atoms with van der Waals surface area (Å²) in [4.78, 5) is 0. The van der Waals surface area contributed by atoms with Crippen LogP contribution in [0.2, 0.25) is 0 Å². The minimum atomic E-state index is 0.338. The van der Waals surface area contributed by atoms with Crippen molar-refractivity contribution in [1.82, 2.24) is 0 Å². The molecule has 3 heteroatoms. The van der Waals surface area contributed by atoms with Crippen LogP contribution in [-0.2, 0) is 11.3 Å². The largest absolute Gasteiger partial charge is 0.496 e. The maximum atomic E-state index is 5.72. The van der Waals surface area contributed by atoms with E-state index in [0.717, 1.165) is 24.2 Å². The van der Waals surface area contributed by atoms with Crippen LogP contribution < -0.4 is 10.5 Å². The van der Waals surface area contributed by atoms with Gasteiger partial charge in [0.1, 0.15) is 5.75 Å². The monoisotopic (exact) mass is 207 g/mol. The lowest BCUT2D eigenvalue weighted by Gasteiger charge is -2.32. The van der Waals surface area contributed by atoms with Gasteiger partial charge in [0.2, 0.25) is 0 Å². The fourth-order valence-corrected chi connectivity index (χ4v) is 1.77. The summed E-state index contributed by atoms with van der Waals surface area (Å²) in [5.41, 5.74) is 6.79. The van der Waals surface area contributed by atoms with E-state index < -0.39 is 0 Å². The van der Waals surface area contributed by atoms with Crippen LogP contribution in [0.25, 0.3) is 0 Å². The molecule has 1 aliphatic carbocycles. The highest BCUT2D eigenvalue weighted by molar-refractivity contribution is 5.32. The number of rotatable bonds is 4. The SMILES string of the molecule is COc1ccccc1COC1CC(N)C1. The molecule has 0 aliphatic heterocycles. The Morgan fingerprint density at radius 3 is 2.73 bits per heavy atom. The molecule has 1 saturated carbocycles. The molecular formula is C12H17NO2. The molecule has 82 valence electrons. The van der Waals surface area contributed by atoms with Crippen LogP contribution in [0.3, 0.4) is 0 Å². The Bertz CT molecular complexity index is 321. The van der Waals surface area contributed by atoms with Crippen LogP contribution in [0.5, 0.6) is 5.75 Å². The fourth-order valence-electron chi connectivity index (χ4n) is 1.77. The molecule has 1 fully saturated rings. The lowest BCUT2D eigenvalue weighted by molar-refractivity contribution is -0.0194. The maximum absolute atomic E-state index is 5.72. The number of para-hydroxylation sites is 1. The number of nitrogens with two attached hydrogens (primary N) is 1. The van der Waals surface area contributed by atoms with Crippen molar-refractivity contribution in [3.8, 4) is 5.75 Å². The number of hydrogen-bond acceptors (Lipinski definition) is 3. The Hall–Kier alpha value is -1.06. The molecule has 0 saturated heterocycles. The molecule has 1 aromatic carbocycles. The summed E-state index contributed by atoms with van der Waals surface area (Å²) >= 11 is 0. The van der Waals surface area contributed by atoms with Crippen molar-refractivity contribution < 1.29 is 9.47 Å². The minimum absolute atomic E-state index is 0.338. The molecule has 1 aliphatic rings. The van der Waals surface area contributed by atoms with Gasteiger partial charge in [-0.05, 0) is 18.9 Å². The van der Waals surface area contributed by atoms with Gasteiger partial charge in [-0.25, -0.2) is 0 Å². The van der Waals surface area contributed by atoms with Crippen molar-refractivity contribution in [3.05, 3.63) is 29.8 Å². The standard InChI is InChI=1S/C12H17NO2/c1-14-12-5-3-2-4-9(12)8-15-11-6-10(13)7-11/h2-5,10-11H,6-8,13H2,1H3. The molecule has 2 N–H and O–H groups in total. The zero-order chi connectivity index (χ0) is 10.7. The van der Waals surface area contributed by atoms with Gasteiger partial charge in [-0.2, -0.15) is 0 Å². The van der Waals surface area contributed by atoms with E-state index in [1.807, 2.05) is 24.3 Å². The minimum Gasteiger partial charge on any atom is -0.496 e. The van der Waals surface area contributed by atoms with Crippen molar-refractivity contribution in [1.29, 1.82) is 0 Å². The smallest absolute Gasteiger partial charge is 0.124 e. The lowest BCUT2D eigenvalue weighted by Crippen LogP contribution is -2.41. The second-order valence-electron chi connectivity index (χ2n) is 3.98. The normalized spacial score (nSPS) is 24.7. The highest BCUT2D eigenvalue weighted by Crippen LogP contribution is 2.25. The lowest BCUT2D eigenvalue weighted by atomic mass is 9.90. The molecular weight excluding hydrogens is 190 g/mol. The predicted molar refractivity (Wildman–Crippen MR) is 58.8 cm³/mol. The van der Waals surface area contributed by atoms with Crippen LogP contribution in [0, 0.1) is 0 Å². The molecule has 0 amide bonds. The summed E-state index contributed by atoms with van der Waals surface area (Å²) in [7, 11) is 1.68. The van der Waals surface area contributed by atoms with E-state index in [2.05, 4.69) is 0 Å². The summed E-state index contributed by atoms with van der Waals surface area (Å²) in [6.45, 7) is 0.612. The van der Waals surface area contributed by atoms with E-state index in [-0.39, 0.29) is 0 Å². The molecule has 0 atom stereocenters. The third kappa shape index (κ3) is 2.49. The molecule has 1 aromatic rings. The zero-order valence-electron chi connectivity index (χ0n) is 8.98. The third-order valence-corrected chi connectivity index (χ3v) is 2.80. The van der Waals surface area contributed by atoms with E-state index in [1.165, 1.54) is 0 Å². The Labute approximate surface area is 90.2 Å². The van der Waals surface area contributed by atoms with E-state index >= 15 is 0 Å². The van der Waals surface area contributed by atoms with E-state index in [9.17, 15) is 0 Å². The molecule has 0 radical (unpaired) electrons. The number of hydrogen-bond donors (Lipinski definition) is 1. The molecule has 3 nitrogen and oxygen atoms in total. The average molecular weight is 207 g/mol. The van der Waals surface area contributed by atoms with E-state index in [0.29, 0.717) is 18.8 Å². The molecule has 0 heterocycles. The molecule has 15 heavy (non-hydrogen) atoms. The van der Waals surface area contributed by atoms with Crippen LogP contribution >= 0.6 is 0 Å². The van der Waals surface area contributed by atoms with Gasteiger partial charge in [0, 0.05) is 11.6 Å². The van der Waals surface area contributed by atoms with Crippen LogP contribution in [0.1, 0.15) is 18.4 Å². The van der Waals surface area contributed by atoms with Crippen molar-refractivity contribution >= 4 is 0 Å². The molecule has 0 aromatic heterocycles. The third-order valence-electron chi connectivity index (χ3n) is 2.80. The summed E-state index contributed by atoms with van der Waals surface area (Å²) < 4.78 is 11.0. The summed E-state index contributed by atoms with van der Waals surface area (Å²) in [6, 6.07) is 8.27. The highest BCUT2D eigenvalue weighted by Gasteiger charge is 2.26. The molecule has 0 spiro atoms. The average Bonchev–Trinajstić information content (AvgIpc) is 2.23. The number of ether oxygens (including phenoxy) is 2. The van der Waals surface area contributed by atoms with Crippen molar-refractivity contribution in [2.24, 2.45) is 5.73 Å². The number of benzene rings is 1. The number of methoxy groups -OCH3 is 1. The quantitative estimate of drug-likeness (QED) is 0.817. The summed E-state index contributed by atoms with van der Waals surface area (Å²) in [5.74, 6) is 0.890. The predicted octanol–water partition coefficient (Wildman–Crippen LogP) is 1.70. The van der Waals surface area contributed by atoms with E-state index in [1.54, 1.807) is 7.11 Å². The van der Waals surface area contributed by atoms with Gasteiger partial charge in [-0.3, -0.25) is 0 Å². The molecule has 2 rings (SSSR count). The first-order valence-corrected chi connectivity index (χ1v) is 5.28. The Morgan fingerprint density at radius 2 is 2.07 bits per heavy atom. The van der Waals surface area contributed by atoms with Crippen molar-refractivity contribution in [2.45, 2.75) is 31.6 Å². The van der Waals surface area contributed by atoms with Gasteiger partial charge < -0.3 is 15.2 Å². The molecule has 0 unspecified atom stereocenters. The van der Waals surface area contributed by atoms with Gasteiger partial charge in [0.05, 0.1) is 19.8 Å². The zero-order valence-corrected chi connectivity index (χ0v) is 8.98. The van der Waals surface area contributed by atoms with Crippen LogP contribution in [0.15, 0.2) is 24.3 Å². The van der Waals surface area contributed by atoms with Gasteiger partial charge >= 0.3 is 0 Å². The van der Waals surface area contributed by atoms with Crippen LogP contribution in [-0.4, -0.2) is 19.3 Å². The topological polar surface area (TPSA) is 44.5 Å². The van der Waals surface area contributed by atoms with Crippen LogP contribution in [0.4, 0.5) is 0 Å². The Morgan fingerprint density at radius 1 is 1.33 bits per heavy atom. The van der Waals surface area contributed by atoms with Gasteiger partial charge in [0.25, 0.3) is 0 Å². The van der Waals surface area contributed by atoms with E-state index in [4.69, 9.17) is 15.2 Å². The first kappa shape index (κ1) is 10.5. The Kier molecular flexibility index (Phi) is 3.23. The second-order valence-corrected chi connectivity index (χ2v) is 3.98. The first-order chi connectivity index (χ1) is 7.29. The Balaban J connectivity index is 1.87. The maximum Gasteiger partial charge on any atom is 0.124 e. The first-order valence-electron chi connectivity index (χ1n) is 5.28. The molecule has 0 bridgehead atoms. The van der Waals surface area contributed by atoms with Gasteiger partial charge in [0.15, 0.2) is 0 Å². The second kappa shape index (κ2) is 4.64. The fraction of sp³-hybridized carbons (Fsp3) is 0.500. The van der Waals surface area contributed by atoms with Gasteiger partial charge in [-0.1, -0.05) is 18.2 Å². The summed E-state index contributed by atoms with van der Waals surface area (Å²) in [6.07, 6.45) is 2.30. The highest BCUT2D eigenvalue weighted by atomic mass is 16.5.